The summed E-state index contributed by atoms with van der Waals surface area (Å²) >= 11 is 6.04. The minimum Gasteiger partial charge on any atom is -0.497 e. The summed E-state index contributed by atoms with van der Waals surface area (Å²) in [4.78, 5) is 27.6. The topological polar surface area (TPSA) is 96.0 Å². The third-order valence-corrected chi connectivity index (χ3v) is 6.93. The van der Waals surface area contributed by atoms with Crippen molar-refractivity contribution in [3.8, 4) is 5.75 Å². The van der Waals surface area contributed by atoms with E-state index in [9.17, 15) is 18.0 Å². The lowest BCUT2D eigenvalue weighted by Gasteiger charge is -2.31. The van der Waals surface area contributed by atoms with Crippen molar-refractivity contribution < 1.29 is 22.7 Å². The summed E-state index contributed by atoms with van der Waals surface area (Å²) in [6.45, 7) is 4.51. The number of carbonyl (C=O) groups is 2. The van der Waals surface area contributed by atoms with E-state index in [-0.39, 0.29) is 37.7 Å². The molecule has 192 valence electrons. The lowest BCUT2D eigenvalue weighted by Crippen LogP contribution is -2.49. The van der Waals surface area contributed by atoms with Gasteiger partial charge in [-0.2, -0.15) is 0 Å². The van der Waals surface area contributed by atoms with Gasteiger partial charge in [-0.05, 0) is 55.7 Å². The van der Waals surface area contributed by atoms with Gasteiger partial charge in [-0.1, -0.05) is 36.7 Å². The summed E-state index contributed by atoms with van der Waals surface area (Å²) in [7, 11) is -2.00. The summed E-state index contributed by atoms with van der Waals surface area (Å²) < 4.78 is 31.2. The SMILES string of the molecule is CCNC(=O)[C@H](CC)N(Cc1ccc(OC)cc1)C(=O)CCCN(c1cccc(Cl)c1)S(C)(=O)=O. The molecule has 2 amide bonds. The van der Waals surface area contributed by atoms with E-state index in [0.717, 1.165) is 11.8 Å². The molecule has 0 aliphatic heterocycles. The molecule has 0 fully saturated rings. The summed E-state index contributed by atoms with van der Waals surface area (Å²) in [5, 5.41) is 3.23. The number of likely N-dealkylation sites (N-methyl/N-ethyl adjacent to an activating group) is 1. The van der Waals surface area contributed by atoms with Gasteiger partial charge in [-0.25, -0.2) is 8.42 Å². The highest BCUT2D eigenvalue weighted by Gasteiger charge is 2.28. The molecule has 0 aromatic heterocycles. The second kappa shape index (κ2) is 13.3. The largest absolute Gasteiger partial charge is 0.497 e. The van der Waals surface area contributed by atoms with Gasteiger partial charge in [-0.15, -0.1) is 0 Å². The number of hydrogen-bond acceptors (Lipinski definition) is 5. The first-order chi connectivity index (χ1) is 16.6. The normalized spacial score (nSPS) is 12.0. The second-order valence-electron chi connectivity index (χ2n) is 8.11. The van der Waals surface area contributed by atoms with Crippen LogP contribution in [-0.2, 0) is 26.2 Å². The van der Waals surface area contributed by atoms with Gasteiger partial charge in [0, 0.05) is 31.1 Å². The molecule has 0 saturated heterocycles. The van der Waals surface area contributed by atoms with Gasteiger partial charge in [-0.3, -0.25) is 13.9 Å². The number of halogens is 1. The Hall–Kier alpha value is -2.78. The minimum atomic E-state index is -3.58. The van der Waals surface area contributed by atoms with Crippen molar-refractivity contribution in [1.82, 2.24) is 10.2 Å². The van der Waals surface area contributed by atoms with Crippen molar-refractivity contribution in [2.24, 2.45) is 0 Å². The van der Waals surface area contributed by atoms with Crippen LogP contribution in [0.15, 0.2) is 48.5 Å². The van der Waals surface area contributed by atoms with E-state index >= 15 is 0 Å². The number of anilines is 1. The number of carbonyl (C=O) groups excluding carboxylic acids is 2. The molecule has 1 atom stereocenters. The van der Waals surface area contributed by atoms with E-state index < -0.39 is 16.1 Å². The maximum absolute atomic E-state index is 13.3. The standard InChI is InChI=1S/C25H34ClN3O5S/c1-5-23(25(31)27-6-2)28(18-19-12-14-22(34-3)15-13-19)24(30)11-8-16-29(35(4,32)33)21-10-7-9-20(26)17-21/h7,9-10,12-15,17,23H,5-6,8,11,16,18H2,1-4H3,(H,27,31)/t23-/m0/s1. The molecule has 35 heavy (non-hydrogen) atoms. The van der Waals surface area contributed by atoms with E-state index in [1.165, 1.54) is 4.31 Å². The molecule has 0 aliphatic carbocycles. The maximum Gasteiger partial charge on any atom is 0.242 e. The van der Waals surface area contributed by atoms with Gasteiger partial charge >= 0.3 is 0 Å². The van der Waals surface area contributed by atoms with Crippen LogP contribution >= 0.6 is 11.6 Å². The molecule has 0 unspecified atom stereocenters. The molecule has 2 rings (SSSR count). The second-order valence-corrected chi connectivity index (χ2v) is 10.5. The Morgan fingerprint density at radius 1 is 1.11 bits per heavy atom. The van der Waals surface area contributed by atoms with Gasteiger partial charge < -0.3 is 15.0 Å². The van der Waals surface area contributed by atoms with Crippen molar-refractivity contribution in [3.05, 3.63) is 59.1 Å². The molecule has 0 spiro atoms. The van der Waals surface area contributed by atoms with Gasteiger partial charge in [0.25, 0.3) is 0 Å². The zero-order chi connectivity index (χ0) is 26.0. The fourth-order valence-electron chi connectivity index (χ4n) is 3.77. The average Bonchev–Trinajstić information content (AvgIpc) is 2.81. The number of sulfonamides is 1. The number of methoxy groups -OCH3 is 1. The monoisotopic (exact) mass is 523 g/mol. The molecule has 2 aromatic rings. The third-order valence-electron chi connectivity index (χ3n) is 5.50. The quantitative estimate of drug-likeness (QED) is 0.430. The molecule has 10 heteroatoms. The van der Waals surface area contributed by atoms with Gasteiger partial charge in [0.1, 0.15) is 11.8 Å². The molecule has 0 saturated carbocycles. The van der Waals surface area contributed by atoms with Crippen molar-refractivity contribution >= 4 is 39.1 Å². The van der Waals surface area contributed by atoms with Crippen LogP contribution in [-0.4, -0.2) is 57.6 Å². The molecule has 1 N–H and O–H groups in total. The number of nitrogens with one attached hydrogen (secondary N) is 1. The van der Waals surface area contributed by atoms with Crippen LogP contribution in [0.4, 0.5) is 5.69 Å². The lowest BCUT2D eigenvalue weighted by atomic mass is 10.1. The Balaban J connectivity index is 2.20. The van der Waals surface area contributed by atoms with Gasteiger partial charge in [0.05, 0.1) is 19.1 Å². The molecule has 8 nitrogen and oxygen atoms in total. The fourth-order valence-corrected chi connectivity index (χ4v) is 4.92. The number of nitrogens with zero attached hydrogens (tertiary/aromatic N) is 2. The maximum atomic E-state index is 13.3. The predicted molar refractivity (Wildman–Crippen MR) is 139 cm³/mol. The predicted octanol–water partition coefficient (Wildman–Crippen LogP) is 3.84. The van der Waals surface area contributed by atoms with E-state index in [2.05, 4.69) is 5.32 Å². The number of amides is 2. The first-order valence-corrected chi connectivity index (χ1v) is 13.8. The van der Waals surface area contributed by atoms with Crippen LogP contribution in [0, 0.1) is 0 Å². The summed E-state index contributed by atoms with van der Waals surface area (Å²) in [6.07, 6.45) is 1.93. The number of benzene rings is 2. The highest BCUT2D eigenvalue weighted by Crippen LogP contribution is 2.23. The Morgan fingerprint density at radius 2 is 1.80 bits per heavy atom. The van der Waals surface area contributed by atoms with Crippen LogP contribution in [0.3, 0.4) is 0 Å². The van der Waals surface area contributed by atoms with Crippen LogP contribution in [0.1, 0.15) is 38.7 Å². The highest BCUT2D eigenvalue weighted by molar-refractivity contribution is 7.92. The van der Waals surface area contributed by atoms with E-state index in [1.807, 2.05) is 26.0 Å². The third kappa shape index (κ3) is 8.43. The van der Waals surface area contributed by atoms with Gasteiger partial charge in [0.15, 0.2) is 0 Å². The van der Waals surface area contributed by atoms with Crippen molar-refractivity contribution in [2.45, 2.75) is 45.7 Å². The lowest BCUT2D eigenvalue weighted by molar-refractivity contribution is -0.141. The molecule has 2 aromatic carbocycles. The number of rotatable bonds is 13. The number of ether oxygens (including phenoxy) is 1. The van der Waals surface area contributed by atoms with Crippen LogP contribution in [0.25, 0.3) is 0 Å². The zero-order valence-electron chi connectivity index (χ0n) is 20.7. The molecule has 0 radical (unpaired) electrons. The highest BCUT2D eigenvalue weighted by atomic mass is 35.5. The molecule has 0 aliphatic rings. The molecule has 0 heterocycles. The summed E-state index contributed by atoms with van der Waals surface area (Å²) in [5.41, 5.74) is 1.30. The van der Waals surface area contributed by atoms with E-state index in [1.54, 1.807) is 48.4 Å². The van der Waals surface area contributed by atoms with Crippen LogP contribution in [0.2, 0.25) is 5.02 Å². The summed E-state index contributed by atoms with van der Waals surface area (Å²) in [5.74, 6) is 0.260. The van der Waals surface area contributed by atoms with Crippen LogP contribution in [0.5, 0.6) is 5.75 Å². The first-order valence-electron chi connectivity index (χ1n) is 11.5. The fraction of sp³-hybridized carbons (Fsp3) is 0.440. The Kier molecular flexibility index (Phi) is 10.9. The average molecular weight is 524 g/mol. The van der Waals surface area contributed by atoms with Gasteiger partial charge in [0.2, 0.25) is 21.8 Å². The van der Waals surface area contributed by atoms with Crippen LogP contribution < -0.4 is 14.4 Å². The molecular weight excluding hydrogens is 490 g/mol. The first kappa shape index (κ1) is 28.5. The Morgan fingerprint density at radius 3 is 2.34 bits per heavy atom. The Bertz CT molecular complexity index is 1090. The smallest absolute Gasteiger partial charge is 0.242 e. The Labute approximate surface area is 213 Å². The summed E-state index contributed by atoms with van der Waals surface area (Å²) in [6, 6.07) is 13.3. The van der Waals surface area contributed by atoms with Crippen molar-refractivity contribution in [3.63, 3.8) is 0 Å². The van der Waals surface area contributed by atoms with E-state index in [0.29, 0.717) is 29.4 Å². The van der Waals surface area contributed by atoms with Crippen molar-refractivity contribution in [1.29, 1.82) is 0 Å². The zero-order valence-corrected chi connectivity index (χ0v) is 22.2. The molecular formula is C25H34ClN3O5S. The van der Waals surface area contributed by atoms with E-state index in [4.69, 9.17) is 16.3 Å². The number of hydrogen-bond donors (Lipinski definition) is 1. The minimum absolute atomic E-state index is 0.0820. The van der Waals surface area contributed by atoms with Crippen molar-refractivity contribution in [2.75, 3.05) is 30.8 Å². The molecule has 0 bridgehead atoms.